The second kappa shape index (κ2) is 5.27. The number of aliphatic carboxylic acids is 1. The van der Waals surface area contributed by atoms with Crippen LogP contribution < -0.4 is 0 Å². The number of carboxylic acids is 1. The van der Waals surface area contributed by atoms with Crippen LogP contribution in [0.3, 0.4) is 0 Å². The van der Waals surface area contributed by atoms with E-state index >= 15 is 0 Å². The molecule has 3 atom stereocenters. The summed E-state index contributed by atoms with van der Waals surface area (Å²) in [6, 6.07) is 4.15. The van der Waals surface area contributed by atoms with Gasteiger partial charge in [0.2, 0.25) is 0 Å². The lowest BCUT2D eigenvalue weighted by Crippen LogP contribution is -2.24. The van der Waals surface area contributed by atoms with Gasteiger partial charge in [-0.15, -0.1) is 0 Å². The number of benzene rings is 1. The van der Waals surface area contributed by atoms with Gasteiger partial charge in [0.15, 0.2) is 0 Å². The van der Waals surface area contributed by atoms with E-state index in [0.717, 1.165) is 5.56 Å². The first-order valence-electron chi connectivity index (χ1n) is 5.51. The maximum Gasteiger partial charge on any atom is 0.306 e. The Balaban J connectivity index is 2.99. The standard InChI is InChI=1S/C13H17FO3/c1-7-4-5-10(14)6-11(7)12(15)8(2)9(3)13(16)17/h4-6,8-9,12,15H,1-3H3,(H,16,17). The summed E-state index contributed by atoms with van der Waals surface area (Å²) in [7, 11) is 0. The smallest absolute Gasteiger partial charge is 0.306 e. The average Bonchev–Trinajstić information content (AvgIpc) is 2.29. The molecule has 2 N–H and O–H groups in total. The van der Waals surface area contributed by atoms with Crippen LogP contribution in [0, 0.1) is 24.6 Å². The van der Waals surface area contributed by atoms with E-state index in [0.29, 0.717) is 5.56 Å². The summed E-state index contributed by atoms with van der Waals surface area (Å²) in [5, 5.41) is 19.0. The summed E-state index contributed by atoms with van der Waals surface area (Å²) in [4.78, 5) is 10.8. The number of halogens is 1. The molecule has 0 aliphatic carbocycles. The highest BCUT2D eigenvalue weighted by Gasteiger charge is 2.28. The van der Waals surface area contributed by atoms with E-state index in [4.69, 9.17) is 5.11 Å². The summed E-state index contributed by atoms with van der Waals surface area (Å²) in [5.41, 5.74) is 1.20. The molecule has 0 saturated heterocycles. The summed E-state index contributed by atoms with van der Waals surface area (Å²) in [6.45, 7) is 4.94. The van der Waals surface area contributed by atoms with E-state index in [1.807, 2.05) is 0 Å². The van der Waals surface area contributed by atoms with Crippen molar-refractivity contribution in [2.24, 2.45) is 11.8 Å². The van der Waals surface area contributed by atoms with Crippen LogP contribution in [-0.4, -0.2) is 16.2 Å². The molecule has 0 aromatic heterocycles. The molecule has 0 aliphatic heterocycles. The molecule has 4 heteroatoms. The van der Waals surface area contributed by atoms with Gasteiger partial charge in [-0.05, 0) is 36.1 Å². The van der Waals surface area contributed by atoms with Crippen LogP contribution in [0.15, 0.2) is 18.2 Å². The van der Waals surface area contributed by atoms with E-state index in [2.05, 4.69) is 0 Å². The molecule has 0 spiro atoms. The minimum absolute atomic E-state index is 0.431. The largest absolute Gasteiger partial charge is 0.481 e. The molecule has 1 rings (SSSR count). The van der Waals surface area contributed by atoms with Gasteiger partial charge in [0.05, 0.1) is 12.0 Å². The Labute approximate surface area is 99.9 Å². The highest BCUT2D eigenvalue weighted by molar-refractivity contribution is 5.69. The third kappa shape index (κ3) is 3.03. The molecular weight excluding hydrogens is 223 g/mol. The van der Waals surface area contributed by atoms with Crippen LogP contribution in [0.1, 0.15) is 31.1 Å². The summed E-state index contributed by atoms with van der Waals surface area (Å²) in [6.07, 6.45) is -0.975. The lowest BCUT2D eigenvalue weighted by molar-refractivity contribution is -0.144. The monoisotopic (exact) mass is 240 g/mol. The maximum absolute atomic E-state index is 13.1. The number of hydrogen-bond acceptors (Lipinski definition) is 2. The third-order valence-corrected chi connectivity index (χ3v) is 3.24. The van der Waals surface area contributed by atoms with Crippen LogP contribution in [0.4, 0.5) is 4.39 Å². The lowest BCUT2D eigenvalue weighted by Gasteiger charge is -2.23. The van der Waals surface area contributed by atoms with Crippen LogP contribution in [0.2, 0.25) is 0 Å². The fourth-order valence-electron chi connectivity index (χ4n) is 1.71. The molecule has 17 heavy (non-hydrogen) atoms. The van der Waals surface area contributed by atoms with Gasteiger partial charge in [0.25, 0.3) is 0 Å². The number of rotatable bonds is 4. The number of aliphatic hydroxyl groups excluding tert-OH is 1. The first kappa shape index (κ1) is 13.6. The van der Waals surface area contributed by atoms with Gasteiger partial charge in [-0.2, -0.15) is 0 Å². The average molecular weight is 240 g/mol. The SMILES string of the molecule is Cc1ccc(F)cc1C(O)C(C)C(C)C(=O)O. The molecule has 0 bridgehead atoms. The molecule has 0 fully saturated rings. The molecule has 3 unspecified atom stereocenters. The summed E-state index contributed by atoms with van der Waals surface area (Å²) >= 11 is 0. The van der Waals surface area contributed by atoms with Crippen molar-refractivity contribution < 1.29 is 19.4 Å². The van der Waals surface area contributed by atoms with Crippen LogP contribution in [-0.2, 0) is 4.79 Å². The van der Waals surface area contributed by atoms with E-state index in [1.54, 1.807) is 19.9 Å². The highest BCUT2D eigenvalue weighted by atomic mass is 19.1. The zero-order valence-electron chi connectivity index (χ0n) is 10.1. The first-order chi connectivity index (χ1) is 7.84. The minimum atomic E-state index is -0.975. The molecule has 0 radical (unpaired) electrons. The Kier molecular flexibility index (Phi) is 4.23. The Morgan fingerprint density at radius 2 is 1.94 bits per heavy atom. The Morgan fingerprint density at radius 1 is 1.35 bits per heavy atom. The molecule has 0 aliphatic rings. The molecule has 3 nitrogen and oxygen atoms in total. The number of hydrogen-bond donors (Lipinski definition) is 2. The predicted octanol–water partition coefficient (Wildman–Crippen LogP) is 2.52. The molecule has 0 amide bonds. The Morgan fingerprint density at radius 3 is 2.47 bits per heavy atom. The van der Waals surface area contributed by atoms with Crippen LogP contribution in [0.5, 0.6) is 0 Å². The van der Waals surface area contributed by atoms with Crippen molar-refractivity contribution in [2.45, 2.75) is 26.9 Å². The van der Waals surface area contributed by atoms with Crippen molar-refractivity contribution in [3.8, 4) is 0 Å². The number of aliphatic hydroxyl groups is 1. The van der Waals surface area contributed by atoms with Crippen LogP contribution >= 0.6 is 0 Å². The summed E-state index contributed by atoms with van der Waals surface area (Å²) < 4.78 is 13.1. The van der Waals surface area contributed by atoms with E-state index in [1.165, 1.54) is 19.1 Å². The number of aryl methyl sites for hydroxylation is 1. The summed E-state index contributed by atoms with van der Waals surface area (Å²) in [5.74, 6) is -2.56. The van der Waals surface area contributed by atoms with E-state index < -0.39 is 29.7 Å². The molecule has 94 valence electrons. The van der Waals surface area contributed by atoms with Crippen LogP contribution in [0.25, 0.3) is 0 Å². The fourth-order valence-corrected chi connectivity index (χ4v) is 1.71. The van der Waals surface area contributed by atoms with Crippen molar-refractivity contribution >= 4 is 5.97 Å². The minimum Gasteiger partial charge on any atom is -0.481 e. The maximum atomic E-state index is 13.1. The molecular formula is C13H17FO3. The molecule has 1 aromatic carbocycles. The third-order valence-electron chi connectivity index (χ3n) is 3.24. The Hall–Kier alpha value is -1.42. The fraction of sp³-hybridized carbons (Fsp3) is 0.462. The lowest BCUT2D eigenvalue weighted by atomic mass is 9.85. The zero-order chi connectivity index (χ0) is 13.2. The quantitative estimate of drug-likeness (QED) is 0.850. The van der Waals surface area contributed by atoms with Gasteiger partial charge in [0.1, 0.15) is 5.82 Å². The molecule has 1 aromatic rings. The van der Waals surface area contributed by atoms with Gasteiger partial charge >= 0.3 is 5.97 Å². The normalized spacial score (nSPS) is 16.3. The molecule has 0 heterocycles. The predicted molar refractivity (Wildman–Crippen MR) is 62.1 cm³/mol. The molecule has 0 saturated carbocycles. The second-order valence-electron chi connectivity index (χ2n) is 4.43. The first-order valence-corrected chi connectivity index (χ1v) is 5.51. The van der Waals surface area contributed by atoms with E-state index in [-0.39, 0.29) is 0 Å². The van der Waals surface area contributed by atoms with Crippen molar-refractivity contribution in [1.82, 2.24) is 0 Å². The Bertz CT molecular complexity index is 417. The van der Waals surface area contributed by atoms with Gasteiger partial charge in [-0.3, -0.25) is 4.79 Å². The van der Waals surface area contributed by atoms with E-state index in [9.17, 15) is 14.3 Å². The number of carboxylic acid groups (broad SMARTS) is 1. The van der Waals surface area contributed by atoms with Crippen molar-refractivity contribution in [2.75, 3.05) is 0 Å². The van der Waals surface area contributed by atoms with Gasteiger partial charge < -0.3 is 10.2 Å². The van der Waals surface area contributed by atoms with Gasteiger partial charge in [-0.1, -0.05) is 19.9 Å². The second-order valence-corrected chi connectivity index (χ2v) is 4.43. The van der Waals surface area contributed by atoms with Crippen molar-refractivity contribution in [3.05, 3.63) is 35.1 Å². The van der Waals surface area contributed by atoms with Gasteiger partial charge in [-0.25, -0.2) is 4.39 Å². The zero-order valence-corrected chi connectivity index (χ0v) is 10.1. The number of carbonyl (C=O) groups is 1. The van der Waals surface area contributed by atoms with Gasteiger partial charge in [0, 0.05) is 0 Å². The topological polar surface area (TPSA) is 57.5 Å². The van der Waals surface area contributed by atoms with Crippen molar-refractivity contribution in [3.63, 3.8) is 0 Å². The highest BCUT2D eigenvalue weighted by Crippen LogP contribution is 2.30. The van der Waals surface area contributed by atoms with Crippen molar-refractivity contribution in [1.29, 1.82) is 0 Å².